The minimum Gasteiger partial charge on any atom is -0.481 e. The SMILES string of the molecule is COc1ncccc1-c1ccc2sc(/C=C/C3CC3)c(C)c2c1. The van der Waals surface area contributed by atoms with Gasteiger partial charge in [-0.1, -0.05) is 12.1 Å². The number of nitrogens with zero attached hydrogens (tertiary/aromatic N) is 1. The zero-order valence-electron chi connectivity index (χ0n) is 13.4. The number of methoxy groups -OCH3 is 1. The molecule has 3 heteroatoms. The fraction of sp³-hybridized carbons (Fsp3) is 0.250. The van der Waals surface area contributed by atoms with Crippen molar-refractivity contribution < 1.29 is 4.74 Å². The average Bonchev–Trinajstić information content (AvgIpc) is 3.37. The lowest BCUT2D eigenvalue weighted by Crippen LogP contribution is -1.90. The van der Waals surface area contributed by atoms with Crippen molar-refractivity contribution in [1.29, 1.82) is 0 Å². The summed E-state index contributed by atoms with van der Waals surface area (Å²) in [5, 5.41) is 1.33. The molecule has 0 saturated heterocycles. The largest absolute Gasteiger partial charge is 0.481 e. The van der Waals surface area contributed by atoms with Crippen LogP contribution in [0.15, 0.2) is 42.6 Å². The molecule has 0 spiro atoms. The van der Waals surface area contributed by atoms with Gasteiger partial charge in [0.05, 0.1) is 7.11 Å². The molecule has 0 atom stereocenters. The zero-order valence-corrected chi connectivity index (χ0v) is 14.2. The molecule has 2 aromatic heterocycles. The highest BCUT2D eigenvalue weighted by Gasteiger charge is 2.17. The number of aryl methyl sites for hydroxylation is 1. The maximum atomic E-state index is 5.40. The van der Waals surface area contributed by atoms with E-state index in [0.717, 1.165) is 17.0 Å². The van der Waals surface area contributed by atoms with Gasteiger partial charge in [0.1, 0.15) is 0 Å². The third kappa shape index (κ3) is 2.77. The fourth-order valence-electron chi connectivity index (χ4n) is 2.85. The van der Waals surface area contributed by atoms with Crippen molar-refractivity contribution in [2.24, 2.45) is 5.92 Å². The second kappa shape index (κ2) is 5.82. The average molecular weight is 321 g/mol. The van der Waals surface area contributed by atoms with Crippen molar-refractivity contribution in [3.63, 3.8) is 0 Å². The predicted molar refractivity (Wildman–Crippen MR) is 98.1 cm³/mol. The Hall–Kier alpha value is -2.13. The fourth-order valence-corrected chi connectivity index (χ4v) is 3.96. The van der Waals surface area contributed by atoms with E-state index in [0.29, 0.717) is 5.88 Å². The van der Waals surface area contributed by atoms with Gasteiger partial charge in [0.15, 0.2) is 0 Å². The molecule has 0 unspecified atom stereocenters. The van der Waals surface area contributed by atoms with Gasteiger partial charge in [-0.25, -0.2) is 4.98 Å². The van der Waals surface area contributed by atoms with Gasteiger partial charge < -0.3 is 4.74 Å². The number of hydrogen-bond acceptors (Lipinski definition) is 3. The molecule has 3 aromatic rings. The molecule has 1 aliphatic rings. The monoisotopic (exact) mass is 321 g/mol. The highest BCUT2D eigenvalue weighted by atomic mass is 32.1. The van der Waals surface area contributed by atoms with Crippen LogP contribution in [0.5, 0.6) is 5.88 Å². The van der Waals surface area contributed by atoms with Crippen LogP contribution in [-0.2, 0) is 0 Å². The van der Waals surface area contributed by atoms with Crippen molar-refractivity contribution in [3.05, 3.63) is 53.0 Å². The summed E-state index contributed by atoms with van der Waals surface area (Å²) in [5.41, 5.74) is 3.56. The number of aromatic nitrogens is 1. The molecule has 2 heterocycles. The predicted octanol–water partition coefficient (Wildman–Crippen LogP) is 5.70. The van der Waals surface area contributed by atoms with Gasteiger partial charge in [0.25, 0.3) is 0 Å². The topological polar surface area (TPSA) is 22.1 Å². The number of fused-ring (bicyclic) bond motifs is 1. The van der Waals surface area contributed by atoms with E-state index >= 15 is 0 Å². The van der Waals surface area contributed by atoms with Gasteiger partial charge in [0.2, 0.25) is 5.88 Å². The van der Waals surface area contributed by atoms with Crippen molar-refractivity contribution in [2.75, 3.05) is 7.11 Å². The van der Waals surface area contributed by atoms with Crippen molar-refractivity contribution in [2.45, 2.75) is 19.8 Å². The third-order valence-electron chi connectivity index (χ3n) is 4.39. The van der Waals surface area contributed by atoms with Gasteiger partial charge in [0, 0.05) is 21.3 Å². The summed E-state index contributed by atoms with van der Waals surface area (Å²) in [6, 6.07) is 10.6. The molecule has 1 saturated carbocycles. The first-order chi connectivity index (χ1) is 11.3. The molecule has 1 aromatic carbocycles. The molecular weight excluding hydrogens is 302 g/mol. The summed E-state index contributed by atoms with van der Waals surface area (Å²) in [6.07, 6.45) is 9.14. The van der Waals surface area contributed by atoms with Crippen LogP contribution in [0.1, 0.15) is 23.3 Å². The Morgan fingerprint density at radius 2 is 2.13 bits per heavy atom. The Balaban J connectivity index is 1.79. The minimum absolute atomic E-state index is 0.675. The van der Waals surface area contributed by atoms with Gasteiger partial charge in [-0.2, -0.15) is 0 Å². The van der Waals surface area contributed by atoms with Crippen LogP contribution in [0.2, 0.25) is 0 Å². The van der Waals surface area contributed by atoms with Gasteiger partial charge in [-0.15, -0.1) is 11.3 Å². The van der Waals surface area contributed by atoms with Crippen LogP contribution in [0.25, 0.3) is 27.3 Å². The van der Waals surface area contributed by atoms with E-state index in [2.05, 4.69) is 48.3 Å². The van der Waals surface area contributed by atoms with Gasteiger partial charge >= 0.3 is 0 Å². The maximum Gasteiger partial charge on any atom is 0.221 e. The highest BCUT2D eigenvalue weighted by Crippen LogP contribution is 2.38. The number of benzene rings is 1. The van der Waals surface area contributed by atoms with Crippen LogP contribution < -0.4 is 4.74 Å². The van der Waals surface area contributed by atoms with Crippen LogP contribution in [0.4, 0.5) is 0 Å². The molecular formula is C20H19NOS. The Morgan fingerprint density at radius 1 is 1.26 bits per heavy atom. The van der Waals surface area contributed by atoms with E-state index in [4.69, 9.17) is 4.74 Å². The summed E-state index contributed by atoms with van der Waals surface area (Å²) >= 11 is 1.87. The van der Waals surface area contributed by atoms with E-state index in [-0.39, 0.29) is 0 Å². The van der Waals surface area contributed by atoms with Crippen molar-refractivity contribution in [1.82, 2.24) is 4.98 Å². The molecule has 1 aliphatic carbocycles. The summed E-state index contributed by atoms with van der Waals surface area (Å²) in [6.45, 7) is 2.22. The zero-order chi connectivity index (χ0) is 15.8. The number of pyridine rings is 1. The minimum atomic E-state index is 0.675. The number of rotatable bonds is 4. The molecule has 1 fully saturated rings. The Bertz CT molecular complexity index is 890. The molecule has 0 bridgehead atoms. The molecule has 2 nitrogen and oxygen atoms in total. The normalized spacial score (nSPS) is 14.7. The van der Waals surface area contributed by atoms with Crippen LogP contribution in [0, 0.1) is 12.8 Å². The third-order valence-corrected chi connectivity index (χ3v) is 5.63. The quantitative estimate of drug-likeness (QED) is 0.614. The molecule has 4 rings (SSSR count). The van der Waals surface area contributed by atoms with Crippen molar-refractivity contribution in [3.8, 4) is 17.0 Å². The summed E-state index contributed by atoms with van der Waals surface area (Å²) in [5.74, 6) is 1.49. The summed E-state index contributed by atoms with van der Waals surface area (Å²) < 4.78 is 6.74. The Labute approximate surface area is 140 Å². The molecule has 0 amide bonds. The summed E-state index contributed by atoms with van der Waals surface area (Å²) in [7, 11) is 1.67. The molecule has 23 heavy (non-hydrogen) atoms. The number of hydrogen-bond donors (Lipinski definition) is 0. The molecule has 116 valence electrons. The number of allylic oxidation sites excluding steroid dienone is 1. The van der Waals surface area contributed by atoms with Crippen LogP contribution >= 0.6 is 11.3 Å². The Morgan fingerprint density at radius 3 is 2.91 bits per heavy atom. The lowest BCUT2D eigenvalue weighted by molar-refractivity contribution is 0.399. The first-order valence-electron chi connectivity index (χ1n) is 7.97. The first-order valence-corrected chi connectivity index (χ1v) is 8.78. The van der Waals surface area contributed by atoms with Gasteiger partial charge in [-0.3, -0.25) is 0 Å². The maximum absolute atomic E-state index is 5.40. The summed E-state index contributed by atoms with van der Waals surface area (Å²) in [4.78, 5) is 5.68. The van der Waals surface area contributed by atoms with Crippen LogP contribution in [-0.4, -0.2) is 12.1 Å². The van der Waals surface area contributed by atoms with Crippen molar-refractivity contribution >= 4 is 27.5 Å². The smallest absolute Gasteiger partial charge is 0.221 e. The molecule has 0 aliphatic heterocycles. The highest BCUT2D eigenvalue weighted by molar-refractivity contribution is 7.20. The second-order valence-corrected chi connectivity index (χ2v) is 7.14. The van der Waals surface area contributed by atoms with E-state index in [1.165, 1.54) is 33.4 Å². The van der Waals surface area contributed by atoms with Gasteiger partial charge in [-0.05, 0) is 72.5 Å². The van der Waals surface area contributed by atoms with E-state index < -0.39 is 0 Å². The molecule has 0 N–H and O–H groups in total. The lowest BCUT2D eigenvalue weighted by Gasteiger charge is -2.07. The lowest BCUT2D eigenvalue weighted by atomic mass is 10.0. The van der Waals surface area contributed by atoms with E-state index in [1.807, 2.05) is 17.4 Å². The van der Waals surface area contributed by atoms with E-state index in [1.54, 1.807) is 13.3 Å². The first kappa shape index (κ1) is 14.5. The molecule has 0 radical (unpaired) electrons. The number of thiophene rings is 1. The standard InChI is InChI=1S/C20H19NOS/c1-13-17-12-15(16-4-3-11-21-20(16)22-2)8-10-19(17)23-18(13)9-7-14-5-6-14/h3-4,7-12,14H,5-6H2,1-2H3/b9-7+. The second-order valence-electron chi connectivity index (χ2n) is 6.06. The van der Waals surface area contributed by atoms with E-state index in [9.17, 15) is 0 Å². The van der Waals surface area contributed by atoms with Crippen LogP contribution in [0.3, 0.4) is 0 Å². The Kier molecular flexibility index (Phi) is 3.66. The number of ether oxygens (including phenoxy) is 1.